The van der Waals surface area contributed by atoms with Gasteiger partial charge in [-0.2, -0.15) is 0 Å². The fourth-order valence-corrected chi connectivity index (χ4v) is 1.46. The van der Waals surface area contributed by atoms with E-state index in [1.54, 1.807) is 7.11 Å². The minimum atomic E-state index is 0.391. The average Bonchev–Trinajstić information content (AvgIpc) is 2.45. The third-order valence-corrected chi connectivity index (χ3v) is 2.18. The van der Waals surface area contributed by atoms with Crippen molar-refractivity contribution < 1.29 is 9.53 Å². The molecule has 1 rings (SSSR count). The number of likely N-dealkylation sites (tertiary alicyclic amines) is 1. The van der Waals surface area contributed by atoms with Gasteiger partial charge in [0.1, 0.15) is 5.78 Å². The molecule has 0 amide bonds. The number of Topliss-reactive ketones (excluding diaryl/α,β-unsaturated/α-hetero) is 1. The van der Waals surface area contributed by atoms with Crippen LogP contribution in [0.4, 0.5) is 0 Å². The van der Waals surface area contributed by atoms with Crippen LogP contribution in [0.5, 0.6) is 0 Å². The highest BCUT2D eigenvalue weighted by atomic mass is 16.5. The van der Waals surface area contributed by atoms with Gasteiger partial charge in [-0.25, -0.2) is 0 Å². The zero-order valence-corrected chi connectivity index (χ0v) is 7.71. The fourth-order valence-electron chi connectivity index (χ4n) is 1.46. The van der Waals surface area contributed by atoms with Gasteiger partial charge in [0.15, 0.2) is 0 Å². The zero-order chi connectivity index (χ0) is 8.81. The lowest BCUT2D eigenvalue weighted by molar-refractivity contribution is -0.116. The third kappa shape index (κ3) is 3.32. The maximum Gasteiger partial charge on any atom is 0.148 e. The van der Waals surface area contributed by atoms with Crippen LogP contribution in [0, 0.1) is 0 Å². The first-order valence-electron chi connectivity index (χ1n) is 4.56. The summed E-state index contributed by atoms with van der Waals surface area (Å²) in [6.07, 6.45) is 2.99. The summed E-state index contributed by atoms with van der Waals surface area (Å²) in [4.78, 5) is 13.1. The number of hydrogen-bond donors (Lipinski definition) is 0. The van der Waals surface area contributed by atoms with Gasteiger partial charge in [0.05, 0.1) is 6.54 Å². The van der Waals surface area contributed by atoms with Gasteiger partial charge >= 0.3 is 0 Å². The molecule has 0 aromatic heterocycles. The van der Waals surface area contributed by atoms with Crippen LogP contribution in [-0.4, -0.2) is 44.0 Å². The summed E-state index contributed by atoms with van der Waals surface area (Å²) in [5, 5.41) is 0. The van der Waals surface area contributed by atoms with Crippen molar-refractivity contribution >= 4 is 5.78 Å². The maximum atomic E-state index is 10.9. The maximum absolute atomic E-state index is 10.9. The molecular formula is C9H17NO2. The molecule has 0 saturated carbocycles. The van der Waals surface area contributed by atoms with Crippen LogP contribution >= 0.6 is 0 Å². The van der Waals surface area contributed by atoms with E-state index in [2.05, 4.69) is 4.90 Å². The standard InChI is InChI=1S/C9H17NO2/c1-12-7-3-2-5-10-6-4-9(11)8-10/h2-8H2,1H3. The summed E-state index contributed by atoms with van der Waals surface area (Å²) in [5.74, 6) is 0.391. The molecule has 1 heterocycles. The Hall–Kier alpha value is -0.410. The number of rotatable bonds is 5. The number of ether oxygens (including phenoxy) is 1. The van der Waals surface area contributed by atoms with Crippen molar-refractivity contribution in [3.05, 3.63) is 0 Å². The van der Waals surface area contributed by atoms with Crippen molar-refractivity contribution in [3.8, 4) is 0 Å². The van der Waals surface area contributed by atoms with E-state index in [0.717, 1.165) is 39.0 Å². The number of carbonyl (C=O) groups is 1. The molecule has 0 aliphatic carbocycles. The van der Waals surface area contributed by atoms with E-state index in [1.807, 2.05) is 0 Å². The van der Waals surface area contributed by atoms with Gasteiger partial charge in [-0.15, -0.1) is 0 Å². The molecule has 0 atom stereocenters. The Morgan fingerprint density at radius 1 is 1.50 bits per heavy atom. The molecule has 70 valence electrons. The number of methoxy groups -OCH3 is 1. The minimum Gasteiger partial charge on any atom is -0.385 e. The highest BCUT2D eigenvalue weighted by molar-refractivity contribution is 5.82. The molecule has 1 saturated heterocycles. The van der Waals surface area contributed by atoms with Crippen molar-refractivity contribution in [1.29, 1.82) is 0 Å². The van der Waals surface area contributed by atoms with Crippen molar-refractivity contribution in [2.45, 2.75) is 19.3 Å². The first-order valence-corrected chi connectivity index (χ1v) is 4.56. The molecule has 1 aliphatic heterocycles. The van der Waals surface area contributed by atoms with E-state index >= 15 is 0 Å². The second-order valence-electron chi connectivity index (χ2n) is 3.26. The Morgan fingerprint density at radius 3 is 2.92 bits per heavy atom. The van der Waals surface area contributed by atoms with E-state index in [4.69, 9.17) is 4.74 Å². The molecule has 0 aromatic rings. The molecule has 0 bridgehead atoms. The lowest BCUT2D eigenvalue weighted by Crippen LogP contribution is -2.22. The second-order valence-corrected chi connectivity index (χ2v) is 3.26. The highest BCUT2D eigenvalue weighted by Gasteiger charge is 2.17. The van der Waals surface area contributed by atoms with Crippen LogP contribution in [0.25, 0.3) is 0 Å². The number of nitrogens with zero attached hydrogens (tertiary/aromatic N) is 1. The number of unbranched alkanes of at least 4 members (excludes halogenated alkanes) is 1. The molecule has 3 heteroatoms. The zero-order valence-electron chi connectivity index (χ0n) is 7.71. The fraction of sp³-hybridized carbons (Fsp3) is 0.889. The van der Waals surface area contributed by atoms with Crippen molar-refractivity contribution in [2.24, 2.45) is 0 Å². The largest absolute Gasteiger partial charge is 0.385 e. The van der Waals surface area contributed by atoms with Crippen LogP contribution in [-0.2, 0) is 9.53 Å². The topological polar surface area (TPSA) is 29.5 Å². The van der Waals surface area contributed by atoms with Gasteiger partial charge in [-0.05, 0) is 19.4 Å². The predicted octanol–water partition coefficient (Wildman–Crippen LogP) is 0.688. The average molecular weight is 171 g/mol. The third-order valence-electron chi connectivity index (χ3n) is 2.18. The van der Waals surface area contributed by atoms with E-state index in [9.17, 15) is 4.79 Å². The van der Waals surface area contributed by atoms with Crippen molar-refractivity contribution in [3.63, 3.8) is 0 Å². The van der Waals surface area contributed by atoms with Gasteiger partial charge in [-0.3, -0.25) is 9.69 Å². The van der Waals surface area contributed by atoms with E-state index < -0.39 is 0 Å². The van der Waals surface area contributed by atoms with Crippen LogP contribution in [0.3, 0.4) is 0 Å². The van der Waals surface area contributed by atoms with Gasteiger partial charge in [-0.1, -0.05) is 0 Å². The summed E-state index contributed by atoms with van der Waals surface area (Å²) in [6.45, 7) is 3.52. The number of hydrogen-bond acceptors (Lipinski definition) is 3. The predicted molar refractivity (Wildman–Crippen MR) is 47.2 cm³/mol. The summed E-state index contributed by atoms with van der Waals surface area (Å²) in [7, 11) is 1.72. The van der Waals surface area contributed by atoms with Crippen LogP contribution in [0.15, 0.2) is 0 Å². The molecule has 0 aromatic carbocycles. The summed E-state index contributed by atoms with van der Waals surface area (Å²) >= 11 is 0. The Labute approximate surface area is 73.7 Å². The molecule has 0 N–H and O–H groups in total. The molecular weight excluding hydrogens is 154 g/mol. The lowest BCUT2D eigenvalue weighted by atomic mass is 10.3. The van der Waals surface area contributed by atoms with E-state index in [0.29, 0.717) is 12.3 Å². The highest BCUT2D eigenvalue weighted by Crippen LogP contribution is 2.05. The van der Waals surface area contributed by atoms with Gasteiger partial charge in [0, 0.05) is 26.7 Å². The van der Waals surface area contributed by atoms with Gasteiger partial charge in [0.25, 0.3) is 0 Å². The normalized spacial score (nSPS) is 18.9. The van der Waals surface area contributed by atoms with E-state index in [-0.39, 0.29) is 0 Å². The van der Waals surface area contributed by atoms with Crippen molar-refractivity contribution in [2.75, 3.05) is 33.4 Å². The molecule has 12 heavy (non-hydrogen) atoms. The number of carbonyl (C=O) groups excluding carboxylic acids is 1. The van der Waals surface area contributed by atoms with Crippen LogP contribution in [0.2, 0.25) is 0 Å². The molecule has 0 spiro atoms. The molecule has 0 radical (unpaired) electrons. The summed E-state index contributed by atoms with van der Waals surface area (Å²) < 4.78 is 4.94. The van der Waals surface area contributed by atoms with Crippen LogP contribution in [0.1, 0.15) is 19.3 Å². The van der Waals surface area contributed by atoms with Crippen LogP contribution < -0.4 is 0 Å². The Balaban J connectivity index is 1.97. The number of ketones is 1. The SMILES string of the molecule is COCCCCN1CCC(=O)C1. The molecule has 3 nitrogen and oxygen atoms in total. The Morgan fingerprint density at radius 2 is 2.33 bits per heavy atom. The van der Waals surface area contributed by atoms with E-state index in [1.165, 1.54) is 0 Å². The molecule has 1 aliphatic rings. The lowest BCUT2D eigenvalue weighted by Gasteiger charge is -2.12. The first kappa shape index (κ1) is 9.68. The van der Waals surface area contributed by atoms with Crippen molar-refractivity contribution in [1.82, 2.24) is 4.90 Å². The Bertz CT molecular complexity index is 147. The smallest absolute Gasteiger partial charge is 0.148 e. The Kier molecular flexibility index (Phi) is 4.25. The second kappa shape index (κ2) is 5.27. The summed E-state index contributed by atoms with van der Waals surface area (Å²) in [6, 6.07) is 0. The molecule has 1 fully saturated rings. The van der Waals surface area contributed by atoms with Gasteiger partial charge < -0.3 is 4.74 Å². The quantitative estimate of drug-likeness (QED) is 0.570. The van der Waals surface area contributed by atoms with Gasteiger partial charge in [0.2, 0.25) is 0 Å². The minimum absolute atomic E-state index is 0.391. The summed E-state index contributed by atoms with van der Waals surface area (Å²) in [5.41, 5.74) is 0. The first-order chi connectivity index (χ1) is 5.83. The monoisotopic (exact) mass is 171 g/mol. The molecule has 0 unspecified atom stereocenters.